The van der Waals surface area contributed by atoms with Gasteiger partial charge in [0.05, 0.1) is 0 Å². The Hall–Kier alpha value is 3.98. The third-order valence-electron chi connectivity index (χ3n) is 3.41. The molecule has 0 aromatic heterocycles. The van der Waals surface area contributed by atoms with Crippen LogP contribution in [0.3, 0.4) is 0 Å². The maximum atomic E-state index is 6.85. The van der Waals surface area contributed by atoms with E-state index in [0.717, 1.165) is 0 Å². The van der Waals surface area contributed by atoms with E-state index in [1.54, 1.807) is 5.67 Å². The Kier molecular flexibility index (Phi) is 9.84. The molecule has 1 heterocycles. The van der Waals surface area contributed by atoms with Gasteiger partial charge in [0.1, 0.15) is 0 Å². The van der Waals surface area contributed by atoms with E-state index >= 15 is 0 Å². The molecule has 0 radical (unpaired) electrons. The summed E-state index contributed by atoms with van der Waals surface area (Å²) in [7, 11) is 0.882. The molecule has 1 aliphatic heterocycles. The normalized spacial score (nSPS) is 29.5. The molecule has 0 nitrogen and oxygen atoms in total. The molecule has 1 saturated heterocycles. The van der Waals surface area contributed by atoms with E-state index in [1.807, 2.05) is 0 Å². The molecule has 0 bridgehead atoms. The smallest absolute Gasteiger partial charge is 0.151 e. The van der Waals surface area contributed by atoms with Gasteiger partial charge in [0.15, 0.2) is 0 Å². The average molecular weight is 554 g/mol. The van der Waals surface area contributed by atoms with Gasteiger partial charge in [-0.3, -0.25) is 0 Å². The van der Waals surface area contributed by atoms with Crippen LogP contribution in [0.5, 0.6) is 0 Å². The molecule has 1 rings (SSSR count). The Morgan fingerprint density at radius 1 is 0.842 bits per heavy atom. The molecule has 114 valence electrons. The van der Waals surface area contributed by atoms with Crippen molar-refractivity contribution in [2.75, 3.05) is 0 Å². The fourth-order valence-corrected chi connectivity index (χ4v) is 285. The van der Waals surface area contributed by atoms with E-state index in [-0.39, 0.29) is 17.1 Å². The third-order valence-corrected chi connectivity index (χ3v) is 153. The molecule has 0 aromatic carbocycles. The molecule has 1 fully saturated rings. The number of rotatable bonds is 5. The molecular formula is C3H17Cl7Si9. The number of hydrogen-bond acceptors (Lipinski definition) is 0. The molecule has 0 spiro atoms. The molecule has 1 unspecified atom stereocenters. The Bertz CT molecular complexity index is 284. The van der Waals surface area contributed by atoms with E-state index in [0.29, 0.717) is 38.0 Å². The lowest BCUT2D eigenvalue weighted by molar-refractivity contribution is 1.80. The van der Waals surface area contributed by atoms with Crippen molar-refractivity contribution in [2.24, 2.45) is 0 Å². The van der Waals surface area contributed by atoms with Crippen molar-refractivity contribution in [3.8, 4) is 0 Å². The van der Waals surface area contributed by atoms with Crippen molar-refractivity contribution >= 4 is 148 Å². The van der Waals surface area contributed by atoms with E-state index in [2.05, 4.69) is 0 Å². The molecule has 1 aliphatic rings. The van der Waals surface area contributed by atoms with Gasteiger partial charge < -0.3 is 0 Å². The van der Waals surface area contributed by atoms with Gasteiger partial charge in [0.2, 0.25) is 6.21 Å². The maximum Gasteiger partial charge on any atom is 0.341 e. The van der Waals surface area contributed by atoms with Crippen molar-refractivity contribution in [2.45, 2.75) is 17.0 Å². The van der Waals surface area contributed by atoms with Gasteiger partial charge in [0.25, 0.3) is 6.69 Å². The zero-order chi connectivity index (χ0) is 14.7. The molecule has 0 aromatic rings. The lowest BCUT2D eigenvalue weighted by Crippen LogP contribution is -2.56. The highest BCUT2D eigenvalue weighted by Crippen LogP contribution is 2.41. The molecule has 0 saturated carbocycles. The first kappa shape index (κ1) is 21.0. The van der Waals surface area contributed by atoms with Gasteiger partial charge >= 0.3 is 6.00 Å². The summed E-state index contributed by atoms with van der Waals surface area (Å²) in [5, 5.41) is 0. The zero-order valence-corrected chi connectivity index (χ0v) is 26.9. The Balaban J connectivity index is 2.65. The van der Waals surface area contributed by atoms with Crippen LogP contribution in [0, 0.1) is 0 Å². The van der Waals surface area contributed by atoms with Crippen LogP contribution in [0.4, 0.5) is 0 Å². The van der Waals surface area contributed by atoms with Crippen LogP contribution in [0.1, 0.15) is 0 Å². The minimum Gasteiger partial charge on any atom is -0.151 e. The van der Waals surface area contributed by atoms with E-state index < -0.39 is 26.3 Å². The minimum atomic E-state index is -2.77. The maximum absolute atomic E-state index is 6.85. The van der Waals surface area contributed by atoms with Crippen molar-refractivity contribution in [1.29, 1.82) is 0 Å². The highest BCUT2D eigenvalue weighted by atomic mass is 35.8. The fraction of sp³-hybridized carbons (Fsp3) is 1.00. The minimum absolute atomic E-state index is 0.197. The summed E-state index contributed by atoms with van der Waals surface area (Å²) in [4.78, 5) is 0. The van der Waals surface area contributed by atoms with Gasteiger partial charge in [0, 0.05) is 31.1 Å². The molecule has 0 amide bonds. The van der Waals surface area contributed by atoms with Gasteiger partial charge in [-0.25, -0.2) is 0 Å². The predicted octanol–water partition coefficient (Wildman–Crippen LogP) is -0.163. The summed E-state index contributed by atoms with van der Waals surface area (Å²) in [6.45, 7) is -2.55. The lowest BCUT2D eigenvalue weighted by Gasteiger charge is -2.30. The first-order valence-corrected chi connectivity index (χ1v) is 42.6. The van der Waals surface area contributed by atoms with Crippen molar-refractivity contribution in [1.82, 2.24) is 0 Å². The Labute approximate surface area is 162 Å². The summed E-state index contributed by atoms with van der Waals surface area (Å²) >= 11 is 44.6. The molecule has 1 atom stereocenters. The molecule has 0 aliphatic carbocycles. The zero-order valence-electron chi connectivity index (χ0n) is 10.4. The first-order valence-electron chi connectivity index (χ1n) is 6.34. The molecular weight excluding hydrogens is 537 g/mol. The van der Waals surface area contributed by atoms with Crippen LogP contribution < -0.4 is 0 Å². The average Bonchev–Trinajstić information content (AvgIpc) is 2.38. The van der Waals surface area contributed by atoms with Gasteiger partial charge in [-0.15, -0.1) is 55.4 Å². The standard InChI is InChI=1S/C3H17Cl7Si9/c4-17(5,2-18(6,7)8)3-19(9,10)16-14-12-1-11-13-15-16/h16H,1-3,11-15H2. The van der Waals surface area contributed by atoms with Gasteiger partial charge in [-0.2, -0.15) is 22.2 Å². The summed E-state index contributed by atoms with van der Waals surface area (Å²) in [6, 6.07) is -2.77. The third kappa shape index (κ3) is 9.14. The van der Waals surface area contributed by atoms with Gasteiger partial charge in [-0.05, 0) is 31.3 Å². The molecule has 16 heteroatoms. The summed E-state index contributed by atoms with van der Waals surface area (Å²) in [5.41, 5.74) is 2.81. The highest BCUT2D eigenvalue weighted by Gasteiger charge is 2.50. The predicted molar refractivity (Wildman–Crippen MR) is 123 cm³/mol. The van der Waals surface area contributed by atoms with Crippen LogP contribution in [-0.2, 0) is 0 Å². The highest BCUT2D eigenvalue weighted by molar-refractivity contribution is 7.97. The summed E-state index contributed by atoms with van der Waals surface area (Å²) < 4.78 is 0. The van der Waals surface area contributed by atoms with Crippen LogP contribution in [0.15, 0.2) is 0 Å². The second kappa shape index (κ2) is 8.90. The van der Waals surface area contributed by atoms with Crippen LogP contribution in [0.25, 0.3) is 0 Å². The number of hydrogen-bond donors (Lipinski definition) is 0. The Morgan fingerprint density at radius 3 is 2.05 bits per heavy atom. The number of halogens is 7. The van der Waals surface area contributed by atoms with Crippen molar-refractivity contribution in [3.05, 3.63) is 0 Å². The van der Waals surface area contributed by atoms with Crippen LogP contribution >= 0.6 is 77.6 Å². The van der Waals surface area contributed by atoms with Gasteiger partial charge in [-0.1, -0.05) is 5.67 Å². The lowest BCUT2D eigenvalue weighted by atomic mass is 11.8. The topological polar surface area (TPSA) is 0 Å². The molecule has 0 N–H and O–H groups in total. The SMILES string of the molecule is Cl[Si](Cl)(Cl)C[Si](Cl)(Cl)C[Si](Cl)(Cl)[SiH]1[SiH2][SiH2]C[SiH2][SiH2][SiH2]1. The second-order valence-corrected chi connectivity index (χ2v) is 85.6. The fourth-order valence-electron chi connectivity index (χ4n) is 2.55. The molecule has 19 heavy (non-hydrogen) atoms. The van der Waals surface area contributed by atoms with E-state index in [1.165, 1.54) is 0 Å². The summed E-state index contributed by atoms with van der Waals surface area (Å²) in [5.74, 6) is 0. The van der Waals surface area contributed by atoms with E-state index in [9.17, 15) is 0 Å². The first-order chi connectivity index (χ1) is 8.52. The van der Waals surface area contributed by atoms with Crippen LogP contribution in [-0.4, -0.2) is 70.0 Å². The Morgan fingerprint density at radius 2 is 1.47 bits per heavy atom. The quantitative estimate of drug-likeness (QED) is 0.328. The monoisotopic (exact) mass is 550 g/mol. The largest absolute Gasteiger partial charge is 0.341 e. The second-order valence-electron chi connectivity index (χ2n) is 5.27. The van der Waals surface area contributed by atoms with Crippen molar-refractivity contribution in [3.63, 3.8) is 0 Å². The van der Waals surface area contributed by atoms with E-state index in [4.69, 9.17) is 77.6 Å². The summed E-state index contributed by atoms with van der Waals surface area (Å²) in [6.07, 6.45) is -2.13. The van der Waals surface area contributed by atoms with Crippen molar-refractivity contribution < 1.29 is 0 Å². The van der Waals surface area contributed by atoms with Crippen LogP contribution in [0.2, 0.25) is 17.0 Å².